The molecular weight excluding hydrogens is 270 g/mol. The number of aromatic nitrogens is 2. The van der Waals surface area contributed by atoms with E-state index < -0.39 is 0 Å². The lowest BCUT2D eigenvalue weighted by molar-refractivity contribution is 0.292. The minimum Gasteiger partial charge on any atom is -0.497 e. The maximum Gasteiger partial charge on any atom is 0.251 e. The van der Waals surface area contributed by atoms with Gasteiger partial charge in [-0.3, -0.25) is 4.79 Å². The van der Waals surface area contributed by atoms with E-state index in [1.807, 2.05) is 18.2 Å². The van der Waals surface area contributed by atoms with Crippen LogP contribution in [0.4, 0.5) is 0 Å². The zero-order valence-electron chi connectivity index (χ0n) is 12.0. The first-order valence-corrected chi connectivity index (χ1v) is 6.77. The molecule has 1 aromatic carbocycles. The van der Waals surface area contributed by atoms with Gasteiger partial charge in [0.25, 0.3) is 5.56 Å². The average Bonchev–Trinajstić information content (AvgIpc) is 2.50. The van der Waals surface area contributed by atoms with Gasteiger partial charge in [-0.25, -0.2) is 4.98 Å². The van der Waals surface area contributed by atoms with E-state index >= 15 is 0 Å². The molecule has 1 heterocycles. The minimum atomic E-state index is -0.179. The highest BCUT2D eigenvalue weighted by molar-refractivity contribution is 5.32. The fourth-order valence-electron chi connectivity index (χ4n) is 1.89. The van der Waals surface area contributed by atoms with Crippen LogP contribution in [0, 0.1) is 0 Å². The van der Waals surface area contributed by atoms with Crippen molar-refractivity contribution in [1.29, 1.82) is 0 Å². The van der Waals surface area contributed by atoms with Crippen LogP contribution in [-0.2, 0) is 13.0 Å². The summed E-state index contributed by atoms with van der Waals surface area (Å²) in [6.07, 6.45) is 1.49. The van der Waals surface area contributed by atoms with Crippen molar-refractivity contribution in [2.75, 3.05) is 13.7 Å². The van der Waals surface area contributed by atoms with Crippen LogP contribution in [-0.4, -0.2) is 23.6 Å². The van der Waals surface area contributed by atoms with Gasteiger partial charge in [-0.1, -0.05) is 6.07 Å². The first-order valence-electron chi connectivity index (χ1n) is 6.77. The molecule has 21 heavy (non-hydrogen) atoms. The van der Waals surface area contributed by atoms with Gasteiger partial charge < -0.3 is 20.2 Å². The first kappa shape index (κ1) is 15.1. The average molecular weight is 289 g/mol. The molecule has 0 aliphatic heterocycles. The van der Waals surface area contributed by atoms with Crippen molar-refractivity contribution >= 4 is 0 Å². The predicted octanol–water partition coefficient (Wildman–Crippen LogP) is 1.25. The van der Waals surface area contributed by atoms with Crippen molar-refractivity contribution in [3.8, 4) is 11.5 Å². The summed E-state index contributed by atoms with van der Waals surface area (Å²) in [5, 5.41) is 0. The van der Waals surface area contributed by atoms with Gasteiger partial charge in [0.2, 0.25) is 0 Å². The second kappa shape index (κ2) is 7.44. The molecule has 0 unspecified atom stereocenters. The molecule has 0 spiro atoms. The van der Waals surface area contributed by atoms with Crippen LogP contribution in [0.1, 0.15) is 17.9 Å². The number of nitrogens with one attached hydrogen (secondary N) is 1. The number of aromatic amines is 1. The molecule has 6 heteroatoms. The summed E-state index contributed by atoms with van der Waals surface area (Å²) in [6, 6.07) is 8.75. The zero-order valence-corrected chi connectivity index (χ0v) is 12.0. The fraction of sp³-hybridized carbons (Fsp3) is 0.333. The Morgan fingerprint density at radius 1 is 1.29 bits per heavy atom. The molecule has 0 saturated heterocycles. The normalized spacial score (nSPS) is 10.4. The monoisotopic (exact) mass is 289 g/mol. The topological polar surface area (TPSA) is 90.2 Å². The third kappa shape index (κ3) is 4.61. The Hall–Kier alpha value is -2.34. The number of rotatable bonds is 7. The number of aryl methyl sites for hydroxylation is 1. The second-order valence-corrected chi connectivity index (χ2v) is 4.54. The number of nitrogens with zero attached hydrogens (tertiary/aromatic N) is 1. The van der Waals surface area contributed by atoms with Crippen LogP contribution in [0.2, 0.25) is 0 Å². The molecule has 0 bridgehead atoms. The highest BCUT2D eigenvalue weighted by Gasteiger charge is 2.03. The molecule has 1 aromatic heterocycles. The summed E-state index contributed by atoms with van der Waals surface area (Å²) in [7, 11) is 1.60. The van der Waals surface area contributed by atoms with Gasteiger partial charge >= 0.3 is 0 Å². The summed E-state index contributed by atoms with van der Waals surface area (Å²) >= 11 is 0. The predicted molar refractivity (Wildman–Crippen MR) is 79.6 cm³/mol. The molecule has 0 atom stereocenters. The lowest BCUT2D eigenvalue weighted by atomic mass is 10.2. The van der Waals surface area contributed by atoms with Crippen molar-refractivity contribution in [2.45, 2.75) is 19.4 Å². The van der Waals surface area contributed by atoms with E-state index in [0.717, 1.165) is 12.1 Å². The number of ether oxygens (including phenoxy) is 2. The van der Waals surface area contributed by atoms with Crippen LogP contribution >= 0.6 is 0 Å². The molecule has 0 aliphatic carbocycles. The van der Waals surface area contributed by atoms with Gasteiger partial charge in [-0.05, 0) is 31.5 Å². The smallest absolute Gasteiger partial charge is 0.251 e. The van der Waals surface area contributed by atoms with E-state index in [1.165, 1.54) is 6.07 Å². The van der Waals surface area contributed by atoms with Crippen molar-refractivity contribution in [3.63, 3.8) is 0 Å². The maximum atomic E-state index is 11.6. The Balaban J connectivity index is 2.05. The largest absolute Gasteiger partial charge is 0.497 e. The molecule has 0 saturated carbocycles. The van der Waals surface area contributed by atoms with Crippen LogP contribution in [0.25, 0.3) is 0 Å². The lowest BCUT2D eigenvalue weighted by Crippen LogP contribution is -2.15. The van der Waals surface area contributed by atoms with Gasteiger partial charge in [0.15, 0.2) is 0 Å². The van der Waals surface area contributed by atoms with Crippen LogP contribution < -0.4 is 20.8 Å². The lowest BCUT2D eigenvalue weighted by Gasteiger charge is -2.08. The highest BCUT2D eigenvalue weighted by atomic mass is 16.5. The quantitative estimate of drug-likeness (QED) is 0.800. The maximum absolute atomic E-state index is 11.6. The number of methoxy groups -OCH3 is 1. The number of hydrogen-bond acceptors (Lipinski definition) is 5. The van der Waals surface area contributed by atoms with E-state index in [4.69, 9.17) is 15.2 Å². The Labute approximate surface area is 122 Å². The summed E-state index contributed by atoms with van der Waals surface area (Å²) in [5.74, 6) is 1.87. The van der Waals surface area contributed by atoms with Gasteiger partial charge in [-0.2, -0.15) is 0 Å². The van der Waals surface area contributed by atoms with E-state index in [9.17, 15) is 4.79 Å². The number of H-pyrrole nitrogens is 1. The molecule has 0 amide bonds. The summed E-state index contributed by atoms with van der Waals surface area (Å²) in [5.41, 5.74) is 6.01. The Kier molecular flexibility index (Phi) is 5.34. The Bertz CT molecular complexity index is 640. The van der Waals surface area contributed by atoms with Gasteiger partial charge in [0.05, 0.1) is 7.11 Å². The third-order valence-electron chi connectivity index (χ3n) is 2.90. The van der Waals surface area contributed by atoms with Gasteiger partial charge in [0, 0.05) is 17.8 Å². The van der Waals surface area contributed by atoms with Crippen LogP contribution in [0.5, 0.6) is 11.5 Å². The van der Waals surface area contributed by atoms with Gasteiger partial charge in [-0.15, -0.1) is 0 Å². The molecule has 3 N–H and O–H groups in total. The van der Waals surface area contributed by atoms with Gasteiger partial charge in [0.1, 0.15) is 23.9 Å². The van der Waals surface area contributed by atoms with Crippen LogP contribution in [0.3, 0.4) is 0 Å². The number of hydrogen-bond donors (Lipinski definition) is 2. The van der Waals surface area contributed by atoms with Crippen molar-refractivity contribution in [3.05, 3.63) is 52.2 Å². The van der Waals surface area contributed by atoms with Crippen molar-refractivity contribution in [1.82, 2.24) is 9.97 Å². The molecule has 2 aromatic rings. The molecule has 0 radical (unpaired) electrons. The summed E-state index contributed by atoms with van der Waals surface area (Å²) in [4.78, 5) is 18.6. The second-order valence-electron chi connectivity index (χ2n) is 4.54. The number of benzene rings is 1. The Morgan fingerprint density at radius 2 is 2.10 bits per heavy atom. The highest BCUT2D eigenvalue weighted by Crippen LogP contribution is 2.19. The molecular formula is C15H19N3O3. The third-order valence-corrected chi connectivity index (χ3v) is 2.90. The summed E-state index contributed by atoms with van der Waals surface area (Å²) in [6.45, 7) is 0.767. The van der Waals surface area contributed by atoms with E-state index in [2.05, 4.69) is 9.97 Å². The van der Waals surface area contributed by atoms with E-state index in [0.29, 0.717) is 30.3 Å². The fourth-order valence-corrected chi connectivity index (χ4v) is 1.89. The molecule has 6 nitrogen and oxygen atoms in total. The minimum absolute atomic E-state index is 0.179. The molecule has 0 aliphatic rings. The van der Waals surface area contributed by atoms with Crippen molar-refractivity contribution in [2.24, 2.45) is 5.73 Å². The number of nitrogens with two attached hydrogens (primary N) is 1. The molecule has 2 rings (SSSR count). The SMILES string of the molecule is COc1cccc(OCc2nc(CCCN)cc(=O)[nH]2)c1. The molecule has 112 valence electrons. The summed E-state index contributed by atoms with van der Waals surface area (Å²) < 4.78 is 10.7. The van der Waals surface area contributed by atoms with Crippen molar-refractivity contribution < 1.29 is 9.47 Å². The Morgan fingerprint density at radius 3 is 2.86 bits per heavy atom. The van der Waals surface area contributed by atoms with E-state index in [1.54, 1.807) is 13.2 Å². The van der Waals surface area contributed by atoms with E-state index in [-0.39, 0.29) is 12.2 Å². The standard InChI is InChI=1S/C15H19N3O3/c1-20-12-5-2-6-13(9-12)21-10-14-17-11(4-3-7-16)8-15(19)18-14/h2,5-6,8-9H,3-4,7,10,16H2,1H3,(H,17,18,19). The van der Waals surface area contributed by atoms with Crippen LogP contribution in [0.15, 0.2) is 35.1 Å². The first-order chi connectivity index (χ1) is 10.2. The zero-order chi connectivity index (χ0) is 15.1. The molecule has 0 fully saturated rings.